The van der Waals surface area contributed by atoms with Crippen molar-refractivity contribution in [3.8, 4) is 0 Å². The van der Waals surface area contributed by atoms with Gasteiger partial charge >= 0.3 is 5.69 Å². The van der Waals surface area contributed by atoms with Crippen LogP contribution in [0, 0.1) is 10.6 Å². The topological polar surface area (TPSA) is 72.7 Å². The Kier molecular flexibility index (Phi) is 3.40. The van der Waals surface area contributed by atoms with Gasteiger partial charge in [0.05, 0.1) is 0 Å². The Morgan fingerprint density at radius 1 is 1.26 bits per heavy atom. The molecule has 0 amide bonds. The van der Waals surface area contributed by atoms with E-state index in [9.17, 15) is 9.59 Å². The van der Waals surface area contributed by atoms with Gasteiger partial charge in [-0.3, -0.25) is 13.9 Å². The number of nitrogens with one attached hydrogen (secondary N) is 1. The lowest BCUT2D eigenvalue weighted by atomic mass is 10.1. The van der Waals surface area contributed by atoms with Gasteiger partial charge in [-0.05, 0) is 5.92 Å². The highest BCUT2D eigenvalue weighted by Crippen LogP contribution is 2.09. The maximum Gasteiger partial charge on any atom is 0.332 e. The first kappa shape index (κ1) is 13.7. The standard InChI is InChI=1S/C12H16N4O2S/c1-6(2)5-7-13-9-8(10(19)14-7)11(17)16(4)12(18)15(9)3/h6H,5H2,1-4H3,(H,13,14,19). The number of rotatable bonds is 2. The van der Waals surface area contributed by atoms with Crippen molar-refractivity contribution in [3.05, 3.63) is 31.3 Å². The molecule has 0 unspecified atom stereocenters. The zero-order valence-electron chi connectivity index (χ0n) is 11.4. The second-order valence-electron chi connectivity index (χ2n) is 5.02. The number of aryl methyl sites for hydroxylation is 1. The molecule has 0 saturated heterocycles. The Bertz CT molecular complexity index is 813. The summed E-state index contributed by atoms with van der Waals surface area (Å²) in [6, 6.07) is 0. The van der Waals surface area contributed by atoms with Crippen molar-refractivity contribution in [3.63, 3.8) is 0 Å². The fourth-order valence-electron chi connectivity index (χ4n) is 2.01. The highest BCUT2D eigenvalue weighted by Gasteiger charge is 2.12. The van der Waals surface area contributed by atoms with Crippen LogP contribution in [0.2, 0.25) is 0 Å². The fourth-order valence-corrected chi connectivity index (χ4v) is 2.30. The van der Waals surface area contributed by atoms with Crippen molar-refractivity contribution in [2.24, 2.45) is 20.0 Å². The van der Waals surface area contributed by atoms with Gasteiger partial charge in [-0.15, -0.1) is 0 Å². The first-order chi connectivity index (χ1) is 8.82. The second-order valence-corrected chi connectivity index (χ2v) is 5.40. The molecule has 7 heteroatoms. The van der Waals surface area contributed by atoms with E-state index < -0.39 is 5.56 Å². The Morgan fingerprint density at radius 3 is 2.47 bits per heavy atom. The van der Waals surface area contributed by atoms with E-state index >= 15 is 0 Å². The molecule has 0 saturated carbocycles. The molecule has 0 spiro atoms. The van der Waals surface area contributed by atoms with Crippen LogP contribution in [0.5, 0.6) is 0 Å². The number of aromatic amines is 1. The van der Waals surface area contributed by atoms with Crippen LogP contribution in [0.25, 0.3) is 11.0 Å². The molecule has 0 atom stereocenters. The molecule has 0 aliphatic heterocycles. The van der Waals surface area contributed by atoms with Gasteiger partial charge in [0.25, 0.3) is 5.56 Å². The van der Waals surface area contributed by atoms with Gasteiger partial charge in [-0.1, -0.05) is 26.1 Å². The molecular formula is C12H16N4O2S. The minimum Gasteiger partial charge on any atom is -0.329 e. The van der Waals surface area contributed by atoms with Crippen LogP contribution < -0.4 is 11.2 Å². The van der Waals surface area contributed by atoms with E-state index in [-0.39, 0.29) is 15.7 Å². The third-order valence-corrected chi connectivity index (χ3v) is 3.27. The predicted octanol–water partition coefficient (Wildman–Crippen LogP) is 0.888. The van der Waals surface area contributed by atoms with Crippen molar-refractivity contribution in [2.75, 3.05) is 0 Å². The van der Waals surface area contributed by atoms with Crippen molar-refractivity contribution in [1.82, 2.24) is 19.1 Å². The first-order valence-corrected chi connectivity index (χ1v) is 6.42. The van der Waals surface area contributed by atoms with E-state index in [1.165, 1.54) is 11.6 Å². The van der Waals surface area contributed by atoms with Crippen molar-refractivity contribution in [2.45, 2.75) is 20.3 Å². The monoisotopic (exact) mass is 280 g/mol. The van der Waals surface area contributed by atoms with Crippen LogP contribution in [0.4, 0.5) is 0 Å². The molecule has 0 bridgehead atoms. The molecule has 1 N–H and O–H groups in total. The lowest BCUT2D eigenvalue weighted by Crippen LogP contribution is -2.37. The molecule has 6 nitrogen and oxygen atoms in total. The van der Waals surface area contributed by atoms with Crippen LogP contribution in [-0.4, -0.2) is 19.1 Å². The molecule has 19 heavy (non-hydrogen) atoms. The third kappa shape index (κ3) is 2.25. The Labute approximate surface area is 114 Å². The average molecular weight is 280 g/mol. The van der Waals surface area contributed by atoms with Gasteiger partial charge in [-0.25, -0.2) is 9.78 Å². The van der Waals surface area contributed by atoms with Crippen molar-refractivity contribution >= 4 is 23.3 Å². The number of H-pyrrole nitrogens is 1. The summed E-state index contributed by atoms with van der Waals surface area (Å²) < 4.78 is 2.66. The largest absolute Gasteiger partial charge is 0.332 e. The number of nitrogens with zero attached hydrogens (tertiary/aromatic N) is 3. The highest BCUT2D eigenvalue weighted by molar-refractivity contribution is 7.71. The number of hydrogen-bond acceptors (Lipinski definition) is 4. The predicted molar refractivity (Wildman–Crippen MR) is 76.0 cm³/mol. The lowest BCUT2D eigenvalue weighted by Gasteiger charge is -2.10. The summed E-state index contributed by atoms with van der Waals surface area (Å²) in [4.78, 5) is 31.3. The van der Waals surface area contributed by atoms with Crippen molar-refractivity contribution < 1.29 is 0 Å². The Morgan fingerprint density at radius 2 is 1.89 bits per heavy atom. The normalized spacial score (nSPS) is 11.4. The Balaban J connectivity index is 2.94. The first-order valence-electron chi connectivity index (χ1n) is 6.01. The molecule has 0 aliphatic rings. The summed E-state index contributed by atoms with van der Waals surface area (Å²) in [6.45, 7) is 4.12. The van der Waals surface area contributed by atoms with Gasteiger partial charge in [-0.2, -0.15) is 0 Å². The van der Waals surface area contributed by atoms with Crippen LogP contribution in [0.15, 0.2) is 9.59 Å². The second kappa shape index (κ2) is 4.73. The molecule has 0 radical (unpaired) electrons. The SMILES string of the molecule is CC(C)Cc1nc(=S)c2c(=O)n(C)c(=O)n(C)c2[nH]1. The number of hydrogen-bond donors (Lipinski definition) is 1. The van der Waals surface area contributed by atoms with Crippen LogP contribution in [0.1, 0.15) is 19.7 Å². The zero-order valence-corrected chi connectivity index (χ0v) is 12.2. The molecule has 2 aromatic rings. The molecule has 102 valence electrons. The van der Waals surface area contributed by atoms with E-state index in [4.69, 9.17) is 12.2 Å². The molecule has 2 heterocycles. The molecular weight excluding hydrogens is 264 g/mol. The van der Waals surface area contributed by atoms with E-state index in [1.807, 2.05) is 0 Å². The van der Waals surface area contributed by atoms with Gasteiger partial charge in [0.15, 0.2) is 0 Å². The molecule has 0 aliphatic carbocycles. The summed E-state index contributed by atoms with van der Waals surface area (Å²) in [5, 5.41) is 0.284. The summed E-state index contributed by atoms with van der Waals surface area (Å²) >= 11 is 5.18. The smallest absolute Gasteiger partial charge is 0.329 e. The summed E-state index contributed by atoms with van der Waals surface area (Å²) in [5.74, 6) is 1.09. The summed E-state index contributed by atoms with van der Waals surface area (Å²) in [5.41, 5.74) is -0.364. The third-order valence-electron chi connectivity index (χ3n) is 2.98. The maximum atomic E-state index is 12.1. The van der Waals surface area contributed by atoms with Crippen molar-refractivity contribution in [1.29, 1.82) is 0 Å². The van der Waals surface area contributed by atoms with Gasteiger partial charge in [0, 0.05) is 20.5 Å². The van der Waals surface area contributed by atoms with Crippen LogP contribution in [0.3, 0.4) is 0 Å². The highest BCUT2D eigenvalue weighted by atomic mass is 32.1. The minimum atomic E-state index is -0.414. The summed E-state index contributed by atoms with van der Waals surface area (Å²) in [6.07, 6.45) is 0.711. The van der Waals surface area contributed by atoms with Gasteiger partial charge in [0.1, 0.15) is 21.5 Å². The molecule has 0 fully saturated rings. The molecule has 0 aromatic carbocycles. The van der Waals surface area contributed by atoms with Gasteiger partial charge in [0.2, 0.25) is 0 Å². The fraction of sp³-hybridized carbons (Fsp3) is 0.500. The Hall–Kier alpha value is -1.76. The van der Waals surface area contributed by atoms with Gasteiger partial charge < -0.3 is 4.98 Å². The average Bonchev–Trinajstić information content (AvgIpc) is 2.32. The zero-order chi connectivity index (χ0) is 14.3. The summed E-state index contributed by atoms with van der Waals surface area (Å²) in [7, 11) is 3.04. The quantitative estimate of drug-likeness (QED) is 0.829. The minimum absolute atomic E-state index is 0.237. The van der Waals surface area contributed by atoms with E-state index in [0.717, 1.165) is 4.57 Å². The van der Waals surface area contributed by atoms with E-state index in [1.54, 1.807) is 7.05 Å². The van der Waals surface area contributed by atoms with E-state index in [2.05, 4.69) is 23.8 Å². The maximum absolute atomic E-state index is 12.1. The number of aromatic nitrogens is 4. The van der Waals surface area contributed by atoms with E-state index in [0.29, 0.717) is 23.8 Å². The molecule has 2 aromatic heterocycles. The molecule has 2 rings (SSSR count). The van der Waals surface area contributed by atoms with Crippen LogP contribution >= 0.6 is 12.2 Å². The number of fused-ring (bicyclic) bond motifs is 1. The lowest BCUT2D eigenvalue weighted by molar-refractivity contribution is 0.618. The van der Waals surface area contributed by atoms with Crippen LogP contribution in [-0.2, 0) is 20.5 Å².